The molecule has 2 heterocycles. The first-order valence-corrected chi connectivity index (χ1v) is 4.78. The molecule has 0 spiro atoms. The number of hydrogen-bond donors (Lipinski definition) is 1. The summed E-state index contributed by atoms with van der Waals surface area (Å²) in [6.45, 7) is 0.966. The monoisotopic (exact) mass is 269 g/mol. The van der Waals surface area contributed by atoms with Crippen molar-refractivity contribution in [1.82, 2.24) is 9.99 Å². The van der Waals surface area contributed by atoms with E-state index in [0.717, 1.165) is 24.9 Å². The lowest BCUT2D eigenvalue weighted by Gasteiger charge is -2.18. The summed E-state index contributed by atoms with van der Waals surface area (Å²) in [6, 6.07) is 4.12. The smallest absolute Gasteiger partial charge is 0.129 e. The van der Waals surface area contributed by atoms with Gasteiger partial charge in [-0.25, -0.2) is 9.99 Å². The van der Waals surface area contributed by atoms with Crippen molar-refractivity contribution in [3.8, 4) is 0 Å². The van der Waals surface area contributed by atoms with E-state index in [1.54, 1.807) is 6.20 Å². The number of pyridine rings is 1. The molecule has 0 saturated carbocycles. The van der Waals surface area contributed by atoms with Crippen molar-refractivity contribution < 1.29 is 0 Å². The van der Waals surface area contributed by atoms with E-state index in [9.17, 15) is 0 Å². The molecule has 6 heteroatoms. The summed E-state index contributed by atoms with van der Waals surface area (Å²) in [5.41, 5.74) is 1.16. The SMILES string of the molecule is Cl.Cl.NN1CCC[C@H]1c1ccc(Cl)nc1. The van der Waals surface area contributed by atoms with Crippen molar-refractivity contribution in [2.24, 2.45) is 5.84 Å². The Bertz CT molecular complexity index is 291. The average Bonchev–Trinajstić information content (AvgIpc) is 2.53. The van der Waals surface area contributed by atoms with Gasteiger partial charge in [0.15, 0.2) is 0 Å². The van der Waals surface area contributed by atoms with Crippen molar-refractivity contribution >= 4 is 36.4 Å². The van der Waals surface area contributed by atoms with Gasteiger partial charge in [0, 0.05) is 12.7 Å². The van der Waals surface area contributed by atoms with Crippen LogP contribution in [0.4, 0.5) is 0 Å². The van der Waals surface area contributed by atoms with Crippen molar-refractivity contribution in [1.29, 1.82) is 0 Å². The molecule has 1 saturated heterocycles. The third-order valence-corrected chi connectivity index (χ3v) is 2.65. The number of aromatic nitrogens is 1. The Kier molecular flexibility index (Phi) is 6.48. The van der Waals surface area contributed by atoms with Gasteiger partial charge >= 0.3 is 0 Å². The Morgan fingerprint density at radius 2 is 2.13 bits per heavy atom. The van der Waals surface area contributed by atoms with E-state index in [1.165, 1.54) is 0 Å². The predicted octanol–water partition coefficient (Wildman–Crippen LogP) is 2.59. The average molecular weight is 271 g/mol. The highest BCUT2D eigenvalue weighted by molar-refractivity contribution is 6.29. The molecule has 0 aliphatic carbocycles. The predicted molar refractivity (Wildman–Crippen MR) is 66.6 cm³/mol. The van der Waals surface area contributed by atoms with Crippen LogP contribution < -0.4 is 5.84 Å². The zero-order valence-electron chi connectivity index (χ0n) is 8.10. The Morgan fingerprint density at radius 1 is 1.40 bits per heavy atom. The van der Waals surface area contributed by atoms with Crippen LogP contribution in [-0.2, 0) is 0 Å². The lowest BCUT2D eigenvalue weighted by atomic mass is 10.1. The summed E-state index contributed by atoms with van der Waals surface area (Å²) in [7, 11) is 0. The minimum atomic E-state index is 0. The highest BCUT2D eigenvalue weighted by Crippen LogP contribution is 2.28. The Balaban J connectivity index is 0.000000980. The molecule has 1 aromatic heterocycles. The second-order valence-electron chi connectivity index (χ2n) is 3.31. The van der Waals surface area contributed by atoms with Crippen LogP contribution in [0, 0.1) is 0 Å². The second-order valence-corrected chi connectivity index (χ2v) is 3.70. The van der Waals surface area contributed by atoms with E-state index in [4.69, 9.17) is 17.4 Å². The zero-order valence-corrected chi connectivity index (χ0v) is 10.5. The van der Waals surface area contributed by atoms with Crippen molar-refractivity contribution in [2.45, 2.75) is 18.9 Å². The molecular weight excluding hydrogens is 256 g/mol. The molecule has 1 atom stereocenters. The van der Waals surface area contributed by atoms with Crippen LogP contribution in [0.2, 0.25) is 5.15 Å². The van der Waals surface area contributed by atoms with Crippen LogP contribution >= 0.6 is 36.4 Å². The molecular formula is C9H14Cl3N3. The summed E-state index contributed by atoms with van der Waals surface area (Å²) in [5.74, 6) is 5.82. The number of rotatable bonds is 1. The minimum absolute atomic E-state index is 0. The van der Waals surface area contributed by atoms with E-state index < -0.39 is 0 Å². The fourth-order valence-electron chi connectivity index (χ4n) is 1.73. The van der Waals surface area contributed by atoms with Crippen LogP contribution in [0.3, 0.4) is 0 Å². The van der Waals surface area contributed by atoms with Gasteiger partial charge in [0.2, 0.25) is 0 Å². The number of nitrogens with zero attached hydrogens (tertiary/aromatic N) is 2. The molecule has 0 aromatic carbocycles. The van der Waals surface area contributed by atoms with Crippen LogP contribution in [-0.4, -0.2) is 16.5 Å². The van der Waals surface area contributed by atoms with E-state index in [-0.39, 0.29) is 24.8 Å². The maximum absolute atomic E-state index is 5.82. The van der Waals surface area contributed by atoms with Gasteiger partial charge in [0.25, 0.3) is 0 Å². The first-order valence-electron chi connectivity index (χ1n) is 4.40. The third kappa shape index (κ3) is 3.47. The maximum atomic E-state index is 5.82. The van der Waals surface area contributed by atoms with E-state index >= 15 is 0 Å². The van der Waals surface area contributed by atoms with Gasteiger partial charge in [-0.05, 0) is 24.5 Å². The molecule has 1 fully saturated rings. The van der Waals surface area contributed by atoms with Crippen molar-refractivity contribution in [2.75, 3.05) is 6.54 Å². The highest BCUT2D eigenvalue weighted by Gasteiger charge is 2.23. The van der Waals surface area contributed by atoms with Gasteiger partial charge in [-0.3, -0.25) is 5.84 Å². The summed E-state index contributed by atoms with van der Waals surface area (Å²) in [4.78, 5) is 4.04. The van der Waals surface area contributed by atoms with Crippen molar-refractivity contribution in [3.05, 3.63) is 29.0 Å². The molecule has 0 radical (unpaired) electrons. The number of halogens is 3. The number of hydrazine groups is 1. The van der Waals surface area contributed by atoms with E-state index in [1.807, 2.05) is 17.1 Å². The second kappa shape index (κ2) is 6.51. The fourth-order valence-corrected chi connectivity index (χ4v) is 1.84. The molecule has 2 rings (SSSR count). The molecule has 1 aliphatic heterocycles. The van der Waals surface area contributed by atoms with Gasteiger partial charge in [-0.2, -0.15) is 0 Å². The first-order chi connectivity index (χ1) is 6.27. The molecule has 0 bridgehead atoms. The quantitative estimate of drug-likeness (QED) is 0.630. The van der Waals surface area contributed by atoms with E-state index in [2.05, 4.69) is 4.98 Å². The molecule has 1 aliphatic rings. The molecule has 15 heavy (non-hydrogen) atoms. The third-order valence-electron chi connectivity index (χ3n) is 2.43. The standard InChI is InChI=1S/C9H12ClN3.2ClH/c10-9-4-3-7(6-12-9)8-2-1-5-13(8)11;;/h3-4,6,8H,1-2,5,11H2;2*1H/t8-;;/m0../s1. The van der Waals surface area contributed by atoms with Gasteiger partial charge in [-0.1, -0.05) is 17.7 Å². The number of hydrogen-bond acceptors (Lipinski definition) is 3. The van der Waals surface area contributed by atoms with E-state index in [0.29, 0.717) is 11.2 Å². The lowest BCUT2D eigenvalue weighted by molar-refractivity contribution is 0.266. The molecule has 0 amide bonds. The van der Waals surface area contributed by atoms with Gasteiger partial charge in [-0.15, -0.1) is 24.8 Å². The zero-order chi connectivity index (χ0) is 9.26. The summed E-state index contributed by atoms with van der Waals surface area (Å²) in [5, 5.41) is 2.40. The summed E-state index contributed by atoms with van der Waals surface area (Å²) in [6.07, 6.45) is 4.07. The molecule has 1 aromatic rings. The largest absolute Gasteiger partial charge is 0.268 e. The normalized spacial score (nSPS) is 20.5. The van der Waals surface area contributed by atoms with Gasteiger partial charge in [0.1, 0.15) is 5.15 Å². The fraction of sp³-hybridized carbons (Fsp3) is 0.444. The highest BCUT2D eigenvalue weighted by atomic mass is 35.5. The Labute approximate surface area is 107 Å². The van der Waals surface area contributed by atoms with Gasteiger partial charge < -0.3 is 0 Å². The minimum Gasteiger partial charge on any atom is -0.268 e. The Hall–Kier alpha value is -0.0600. The van der Waals surface area contributed by atoms with Crippen LogP contribution in [0.1, 0.15) is 24.4 Å². The summed E-state index contributed by atoms with van der Waals surface area (Å²) < 4.78 is 0. The topological polar surface area (TPSA) is 42.1 Å². The first kappa shape index (κ1) is 14.9. The molecule has 3 nitrogen and oxygen atoms in total. The number of nitrogens with two attached hydrogens (primary N) is 1. The van der Waals surface area contributed by atoms with Gasteiger partial charge in [0.05, 0.1) is 6.04 Å². The van der Waals surface area contributed by atoms with Crippen LogP contribution in [0.25, 0.3) is 0 Å². The van der Waals surface area contributed by atoms with Crippen LogP contribution in [0.5, 0.6) is 0 Å². The Morgan fingerprint density at radius 3 is 2.60 bits per heavy atom. The maximum Gasteiger partial charge on any atom is 0.129 e. The lowest BCUT2D eigenvalue weighted by Crippen LogP contribution is -2.30. The molecule has 0 unspecified atom stereocenters. The van der Waals surface area contributed by atoms with Crippen LogP contribution in [0.15, 0.2) is 18.3 Å². The molecule has 2 N–H and O–H groups in total. The van der Waals surface area contributed by atoms with Crippen molar-refractivity contribution in [3.63, 3.8) is 0 Å². The molecule has 86 valence electrons. The summed E-state index contributed by atoms with van der Waals surface area (Å²) >= 11 is 5.70.